The average molecular weight is 708 g/mol. The lowest BCUT2D eigenvalue weighted by Gasteiger charge is -2.17. The Labute approximate surface area is 324 Å². The van der Waals surface area contributed by atoms with E-state index in [4.69, 9.17) is 0 Å². The lowest BCUT2D eigenvalue weighted by atomic mass is 9.87. The summed E-state index contributed by atoms with van der Waals surface area (Å²) >= 11 is 0. The normalized spacial score (nSPS) is 11.9. The van der Waals surface area contributed by atoms with E-state index in [0.717, 1.165) is 5.56 Å². The average Bonchev–Trinajstić information content (AvgIpc) is 3.27. The molecule has 11 aromatic carbocycles. The zero-order valence-electron chi connectivity index (χ0n) is 30.5. The first kappa shape index (κ1) is 31.0. The first-order valence-corrected chi connectivity index (χ1v) is 19.3. The van der Waals surface area contributed by atoms with Gasteiger partial charge in [0.25, 0.3) is 0 Å². The molecule has 0 bridgehead atoms. The molecule has 0 saturated carbocycles. The second-order valence-electron chi connectivity index (χ2n) is 15.1. The van der Waals surface area contributed by atoms with Crippen LogP contribution in [0.3, 0.4) is 0 Å². The van der Waals surface area contributed by atoms with Gasteiger partial charge in [-0.05, 0) is 151 Å². The molecule has 0 spiro atoms. The Morgan fingerprint density at radius 3 is 1.18 bits per heavy atom. The Bertz CT molecular complexity index is 3440. The molecule has 0 aliphatic carbocycles. The van der Waals surface area contributed by atoms with Crippen LogP contribution in [0.25, 0.3) is 120 Å². The van der Waals surface area contributed by atoms with E-state index in [1.54, 1.807) is 0 Å². The Morgan fingerprint density at radius 1 is 0.232 bits per heavy atom. The van der Waals surface area contributed by atoms with Crippen LogP contribution >= 0.6 is 0 Å². The second-order valence-corrected chi connectivity index (χ2v) is 15.1. The van der Waals surface area contributed by atoms with Gasteiger partial charge < -0.3 is 0 Å². The SMILES string of the molecule is c1cc(-c2ccc(-c3cccc(-c4ccc5ccc6cccc7ccc4c5c67)c3)c(-c3ccncc3)c2)cc(-c2ccc3ccc4cccc5ccc2c3c45)c1. The van der Waals surface area contributed by atoms with Gasteiger partial charge in [-0.15, -0.1) is 0 Å². The van der Waals surface area contributed by atoms with Gasteiger partial charge in [-0.1, -0.05) is 158 Å². The van der Waals surface area contributed by atoms with Crippen molar-refractivity contribution < 1.29 is 0 Å². The summed E-state index contributed by atoms with van der Waals surface area (Å²) in [6.45, 7) is 0. The van der Waals surface area contributed by atoms with Crippen LogP contribution in [0.15, 0.2) is 200 Å². The molecule has 12 rings (SSSR count). The van der Waals surface area contributed by atoms with E-state index in [0.29, 0.717) is 0 Å². The molecule has 0 amide bonds. The molecule has 1 heteroatoms. The molecule has 0 radical (unpaired) electrons. The van der Waals surface area contributed by atoms with E-state index < -0.39 is 0 Å². The molecule has 0 fully saturated rings. The molecule has 1 heterocycles. The van der Waals surface area contributed by atoms with Gasteiger partial charge in [0.2, 0.25) is 0 Å². The van der Waals surface area contributed by atoms with E-state index in [-0.39, 0.29) is 0 Å². The van der Waals surface area contributed by atoms with E-state index in [1.165, 1.54) is 115 Å². The van der Waals surface area contributed by atoms with Gasteiger partial charge in [0.1, 0.15) is 0 Å². The molecular formula is C55H33N. The first-order valence-electron chi connectivity index (χ1n) is 19.3. The van der Waals surface area contributed by atoms with Crippen LogP contribution in [-0.2, 0) is 0 Å². The molecule has 0 atom stereocenters. The van der Waals surface area contributed by atoms with Crippen LogP contribution < -0.4 is 0 Å². The van der Waals surface area contributed by atoms with Crippen molar-refractivity contribution >= 4 is 64.6 Å². The highest BCUT2D eigenvalue weighted by Crippen LogP contribution is 2.43. The standard InChI is InChI=1S/C55H33N/c1-5-35-13-15-39-17-22-46(49-25-19-37(7-1)52(35)54(39)49)43-10-3-9-41(31-43)42-21-24-48(51(33-42)34-27-29-56-30-28-34)45-12-4-11-44(32-45)47-23-18-40-16-14-36-6-2-8-38-20-26-50(47)55(40)53(36)38/h1-33H. The topological polar surface area (TPSA) is 12.9 Å². The molecule has 0 saturated heterocycles. The monoisotopic (exact) mass is 707 g/mol. The van der Waals surface area contributed by atoms with Crippen LogP contribution in [0.2, 0.25) is 0 Å². The highest BCUT2D eigenvalue weighted by Gasteiger charge is 2.16. The van der Waals surface area contributed by atoms with E-state index in [9.17, 15) is 0 Å². The predicted octanol–water partition coefficient (Wildman–Crippen LogP) is 15.2. The van der Waals surface area contributed by atoms with Crippen molar-refractivity contribution in [3.63, 3.8) is 0 Å². The first-order chi connectivity index (χ1) is 27.7. The van der Waals surface area contributed by atoms with Crippen LogP contribution in [0.5, 0.6) is 0 Å². The number of hydrogen-bond donors (Lipinski definition) is 0. The molecule has 1 aromatic heterocycles. The van der Waals surface area contributed by atoms with Crippen molar-refractivity contribution in [2.75, 3.05) is 0 Å². The smallest absolute Gasteiger partial charge is 0.0273 e. The number of hydrogen-bond acceptors (Lipinski definition) is 1. The van der Waals surface area contributed by atoms with Crippen LogP contribution in [0, 0.1) is 0 Å². The molecule has 0 aliphatic rings. The third-order valence-electron chi connectivity index (χ3n) is 12.1. The van der Waals surface area contributed by atoms with Gasteiger partial charge in [-0.3, -0.25) is 4.98 Å². The van der Waals surface area contributed by atoms with E-state index in [1.807, 2.05) is 12.4 Å². The maximum absolute atomic E-state index is 4.37. The fourth-order valence-corrected chi connectivity index (χ4v) is 9.44. The minimum absolute atomic E-state index is 1.15. The van der Waals surface area contributed by atoms with E-state index in [2.05, 4.69) is 193 Å². The Kier molecular flexibility index (Phi) is 6.70. The molecular weight excluding hydrogens is 675 g/mol. The fourth-order valence-electron chi connectivity index (χ4n) is 9.44. The Hall–Kier alpha value is -7.35. The van der Waals surface area contributed by atoms with Crippen molar-refractivity contribution in [3.8, 4) is 55.6 Å². The molecule has 258 valence electrons. The summed E-state index contributed by atoms with van der Waals surface area (Å²) in [5, 5.41) is 15.7. The van der Waals surface area contributed by atoms with Gasteiger partial charge in [-0.25, -0.2) is 0 Å². The van der Waals surface area contributed by atoms with Crippen molar-refractivity contribution in [3.05, 3.63) is 200 Å². The summed E-state index contributed by atoms with van der Waals surface area (Å²) in [6.07, 6.45) is 3.78. The lowest BCUT2D eigenvalue weighted by molar-refractivity contribution is 1.33. The highest BCUT2D eigenvalue weighted by molar-refractivity contribution is 6.26. The third kappa shape index (κ3) is 4.71. The van der Waals surface area contributed by atoms with Crippen LogP contribution in [0.1, 0.15) is 0 Å². The van der Waals surface area contributed by atoms with Crippen molar-refractivity contribution in [2.45, 2.75) is 0 Å². The van der Waals surface area contributed by atoms with Crippen molar-refractivity contribution in [2.24, 2.45) is 0 Å². The second kappa shape index (κ2) is 12.1. The number of benzene rings is 11. The minimum Gasteiger partial charge on any atom is -0.265 e. The molecule has 1 nitrogen and oxygen atoms in total. The van der Waals surface area contributed by atoms with Crippen LogP contribution in [0.4, 0.5) is 0 Å². The van der Waals surface area contributed by atoms with Gasteiger partial charge in [0.05, 0.1) is 0 Å². The van der Waals surface area contributed by atoms with Crippen LogP contribution in [-0.4, -0.2) is 4.98 Å². The zero-order chi connectivity index (χ0) is 36.7. The van der Waals surface area contributed by atoms with Crippen molar-refractivity contribution in [1.29, 1.82) is 0 Å². The molecule has 0 N–H and O–H groups in total. The number of nitrogens with zero attached hydrogens (tertiary/aromatic N) is 1. The third-order valence-corrected chi connectivity index (χ3v) is 12.1. The van der Waals surface area contributed by atoms with Gasteiger partial charge in [0.15, 0.2) is 0 Å². The molecule has 0 unspecified atom stereocenters. The summed E-state index contributed by atoms with van der Waals surface area (Å²) in [4.78, 5) is 4.37. The Balaban J connectivity index is 0.987. The summed E-state index contributed by atoms with van der Waals surface area (Å²) < 4.78 is 0. The largest absolute Gasteiger partial charge is 0.265 e. The van der Waals surface area contributed by atoms with Gasteiger partial charge in [-0.2, -0.15) is 0 Å². The Morgan fingerprint density at radius 2 is 0.625 bits per heavy atom. The maximum Gasteiger partial charge on any atom is 0.0273 e. The summed E-state index contributed by atoms with van der Waals surface area (Å²) in [5.74, 6) is 0. The van der Waals surface area contributed by atoms with Crippen molar-refractivity contribution in [1.82, 2.24) is 4.98 Å². The summed E-state index contributed by atoms with van der Waals surface area (Å²) in [7, 11) is 0. The zero-order valence-corrected chi connectivity index (χ0v) is 30.5. The molecule has 12 aromatic rings. The number of rotatable bonds is 5. The fraction of sp³-hybridized carbons (Fsp3) is 0. The van der Waals surface area contributed by atoms with Gasteiger partial charge in [0, 0.05) is 12.4 Å². The molecule has 0 aliphatic heterocycles. The number of pyridine rings is 1. The predicted molar refractivity (Wildman–Crippen MR) is 239 cm³/mol. The summed E-state index contributed by atoms with van der Waals surface area (Å²) in [5.41, 5.74) is 12.0. The number of aromatic nitrogens is 1. The highest BCUT2D eigenvalue weighted by atomic mass is 14.6. The maximum atomic E-state index is 4.37. The lowest BCUT2D eigenvalue weighted by Crippen LogP contribution is -1.91. The van der Waals surface area contributed by atoms with E-state index >= 15 is 0 Å². The molecule has 56 heavy (non-hydrogen) atoms. The minimum atomic E-state index is 1.15. The quantitative estimate of drug-likeness (QED) is 0.162. The summed E-state index contributed by atoms with van der Waals surface area (Å²) in [6, 6.07) is 69.8. The van der Waals surface area contributed by atoms with Gasteiger partial charge >= 0.3 is 0 Å².